The van der Waals surface area contributed by atoms with Crippen LogP contribution in [-0.4, -0.2) is 89.7 Å². The highest BCUT2D eigenvalue weighted by molar-refractivity contribution is 5.93. The largest absolute Gasteiger partial charge is 0.506 e. The van der Waals surface area contributed by atoms with Crippen LogP contribution in [0.3, 0.4) is 0 Å². The van der Waals surface area contributed by atoms with Crippen molar-refractivity contribution in [3.05, 3.63) is 149 Å². The van der Waals surface area contributed by atoms with Crippen LogP contribution in [0.1, 0.15) is 60.1 Å². The number of nitrogens with zero attached hydrogens (tertiary/aromatic N) is 2. The second kappa shape index (κ2) is 21.7. The van der Waals surface area contributed by atoms with E-state index >= 15 is 0 Å². The molecule has 2 aliphatic rings. The van der Waals surface area contributed by atoms with Crippen LogP contribution >= 0.6 is 0 Å². The van der Waals surface area contributed by atoms with E-state index < -0.39 is 18.4 Å². The monoisotopic (exact) mass is 866 g/mol. The first-order valence-electron chi connectivity index (χ1n) is 21.9. The van der Waals surface area contributed by atoms with E-state index in [0.717, 1.165) is 46.6 Å². The number of piperidine rings is 1. The Hall–Kier alpha value is -6.51. The Morgan fingerprint density at radius 3 is 2.41 bits per heavy atom. The molecule has 0 radical (unpaired) electrons. The second-order valence-corrected chi connectivity index (χ2v) is 16.6. The number of nitrogens with one attached hydrogen (secondary N) is 4. The summed E-state index contributed by atoms with van der Waals surface area (Å²) in [5, 5.41) is 43.2. The summed E-state index contributed by atoms with van der Waals surface area (Å²) in [5.41, 5.74) is 8.00. The van der Waals surface area contributed by atoms with Gasteiger partial charge in [0.1, 0.15) is 18.1 Å². The molecule has 7 N–H and O–H groups in total. The first-order valence-corrected chi connectivity index (χ1v) is 21.9. The fourth-order valence-electron chi connectivity index (χ4n) is 8.20. The Balaban J connectivity index is 0.787. The number of phenols is 1. The van der Waals surface area contributed by atoms with Gasteiger partial charge in [-0.15, -0.1) is 0 Å². The number of hydrogen-bond donors (Lipinski definition) is 7. The Bertz CT molecular complexity index is 2400. The molecule has 1 fully saturated rings. The van der Waals surface area contributed by atoms with E-state index in [2.05, 4.69) is 32.2 Å². The van der Waals surface area contributed by atoms with Crippen LogP contribution in [0.2, 0.25) is 0 Å². The Morgan fingerprint density at radius 1 is 0.891 bits per heavy atom. The highest BCUT2D eigenvalue weighted by Gasteiger charge is 2.25. The summed E-state index contributed by atoms with van der Waals surface area (Å²) in [6.45, 7) is 4.81. The fourth-order valence-corrected chi connectivity index (χ4v) is 8.20. The number of benzene rings is 5. The number of para-hydroxylation sites is 1. The fraction of sp³-hybridized carbons (Fsp3) is 0.314. The van der Waals surface area contributed by atoms with Crippen LogP contribution < -0.4 is 26.2 Å². The molecule has 5 aromatic rings. The quantitative estimate of drug-likeness (QED) is 0.0483. The molecule has 0 saturated carbocycles. The maximum absolute atomic E-state index is 13.2. The van der Waals surface area contributed by atoms with Gasteiger partial charge in [0.2, 0.25) is 11.8 Å². The molecule has 5 aromatic carbocycles. The van der Waals surface area contributed by atoms with Crippen molar-refractivity contribution in [3.63, 3.8) is 0 Å². The topological polar surface area (TPSA) is 176 Å². The van der Waals surface area contributed by atoms with Gasteiger partial charge in [-0.25, -0.2) is 4.79 Å². The average molecular weight is 867 g/mol. The third-order valence-electron chi connectivity index (χ3n) is 11.8. The van der Waals surface area contributed by atoms with Gasteiger partial charge in [-0.2, -0.15) is 0 Å². The van der Waals surface area contributed by atoms with Gasteiger partial charge >= 0.3 is 6.09 Å². The van der Waals surface area contributed by atoms with Gasteiger partial charge in [0, 0.05) is 69.0 Å². The SMILES string of the molecule is C[C@H](Cc1cccc(CNC(=O)Cc2ccc(N(C)C(=O)CCN3CCC(OC(=O)Nc4ccccc4-c4ccccc4)CC3)cc2)c1)NC[C@H](O)c1ccc(O)c2c1C=CC(O)N2. The van der Waals surface area contributed by atoms with Crippen molar-refractivity contribution in [2.45, 2.75) is 70.1 Å². The summed E-state index contributed by atoms with van der Waals surface area (Å²) in [6, 6.07) is 36.3. The molecule has 1 unspecified atom stereocenters. The number of aromatic hydroxyl groups is 1. The first kappa shape index (κ1) is 45.5. The zero-order valence-electron chi connectivity index (χ0n) is 36.4. The maximum Gasteiger partial charge on any atom is 0.411 e. The number of likely N-dealkylation sites (tertiary alicyclic amines) is 1. The number of anilines is 3. The van der Waals surface area contributed by atoms with Gasteiger partial charge in [0.05, 0.1) is 23.9 Å². The van der Waals surface area contributed by atoms with E-state index in [1.165, 1.54) is 6.07 Å². The van der Waals surface area contributed by atoms with E-state index in [-0.39, 0.29) is 36.1 Å². The van der Waals surface area contributed by atoms with E-state index in [0.29, 0.717) is 67.8 Å². The zero-order valence-corrected chi connectivity index (χ0v) is 36.4. The third-order valence-corrected chi connectivity index (χ3v) is 11.8. The van der Waals surface area contributed by atoms with E-state index in [9.17, 15) is 29.7 Å². The van der Waals surface area contributed by atoms with Gasteiger partial charge in [0.25, 0.3) is 0 Å². The van der Waals surface area contributed by atoms with Crippen molar-refractivity contribution in [2.24, 2.45) is 0 Å². The van der Waals surface area contributed by atoms with Crippen molar-refractivity contribution in [2.75, 3.05) is 48.8 Å². The Labute approximate surface area is 374 Å². The highest BCUT2D eigenvalue weighted by atomic mass is 16.6. The lowest BCUT2D eigenvalue weighted by atomic mass is 9.96. The molecular weight excluding hydrogens is 809 g/mol. The van der Waals surface area contributed by atoms with Gasteiger partial charge in [-0.1, -0.05) is 97.1 Å². The van der Waals surface area contributed by atoms with Gasteiger partial charge in [-0.05, 0) is 84.3 Å². The lowest BCUT2D eigenvalue weighted by molar-refractivity contribution is -0.120. The third kappa shape index (κ3) is 12.4. The van der Waals surface area contributed by atoms with Crippen molar-refractivity contribution in [1.29, 1.82) is 0 Å². The first-order chi connectivity index (χ1) is 31.0. The molecule has 2 heterocycles. The lowest BCUT2D eigenvalue weighted by Crippen LogP contribution is -2.40. The number of phenolic OH excluding ortho intramolecular Hbond substituents is 1. The molecule has 7 rings (SSSR count). The smallest absolute Gasteiger partial charge is 0.411 e. The molecule has 13 heteroatoms. The number of aliphatic hydroxyl groups is 2. The lowest BCUT2D eigenvalue weighted by Gasteiger charge is -2.31. The zero-order chi connectivity index (χ0) is 45.0. The summed E-state index contributed by atoms with van der Waals surface area (Å²) < 4.78 is 5.78. The summed E-state index contributed by atoms with van der Waals surface area (Å²) in [6.07, 6.45) is 3.54. The van der Waals surface area contributed by atoms with E-state index in [1.54, 1.807) is 30.2 Å². The van der Waals surface area contributed by atoms with Crippen LogP contribution in [0.5, 0.6) is 5.75 Å². The molecule has 3 atom stereocenters. The molecule has 334 valence electrons. The van der Waals surface area contributed by atoms with Crippen molar-refractivity contribution in [1.82, 2.24) is 15.5 Å². The molecule has 0 aliphatic carbocycles. The molecule has 3 amide bonds. The maximum atomic E-state index is 13.2. The molecule has 1 saturated heterocycles. The minimum absolute atomic E-state index is 0.00439. The van der Waals surface area contributed by atoms with Crippen molar-refractivity contribution >= 4 is 41.0 Å². The summed E-state index contributed by atoms with van der Waals surface area (Å²) >= 11 is 0. The Morgan fingerprint density at radius 2 is 1.62 bits per heavy atom. The molecule has 0 bridgehead atoms. The standard InChI is InChI=1S/C51H58N6O7/c1-34(52-33-46(59)42-19-21-45(58)50-43(42)20-22-47(60)55-50)29-36-9-8-10-37(30-36)32-53-48(61)31-35-15-17-39(18-16-35)56(2)49(62)25-28-57-26-23-40(24-27-57)64-51(63)54-44-14-7-6-13-41(44)38-11-4-3-5-12-38/h3-22,30,34,40,46-47,52,55,58-60H,23-29,31-33H2,1-2H3,(H,53,61)(H,54,63)/t34-,46+,47?/m1/s1. The molecule has 64 heavy (non-hydrogen) atoms. The molecule has 0 aromatic heterocycles. The number of rotatable bonds is 17. The van der Waals surface area contributed by atoms with Crippen LogP contribution in [0.25, 0.3) is 17.2 Å². The number of hydrogen-bond acceptors (Lipinski definition) is 10. The van der Waals surface area contributed by atoms with Gasteiger partial charge < -0.3 is 45.8 Å². The predicted octanol–water partition coefficient (Wildman–Crippen LogP) is 7.00. The van der Waals surface area contributed by atoms with Crippen molar-refractivity contribution in [3.8, 4) is 16.9 Å². The van der Waals surface area contributed by atoms with Crippen LogP contribution in [0.4, 0.5) is 21.9 Å². The van der Waals surface area contributed by atoms with Gasteiger partial charge in [0.15, 0.2) is 0 Å². The average Bonchev–Trinajstić information content (AvgIpc) is 3.30. The van der Waals surface area contributed by atoms with Crippen LogP contribution in [-0.2, 0) is 33.7 Å². The summed E-state index contributed by atoms with van der Waals surface area (Å²) in [5.74, 6) is -0.101. The molecular formula is C51H58N6O7. The molecule has 13 nitrogen and oxygen atoms in total. The number of fused-ring (bicyclic) bond motifs is 1. The number of aliphatic hydroxyl groups excluding tert-OH is 2. The number of carbonyl (C=O) groups excluding carboxylic acids is 3. The van der Waals surface area contributed by atoms with Crippen LogP contribution in [0, 0.1) is 0 Å². The summed E-state index contributed by atoms with van der Waals surface area (Å²) in [7, 11) is 1.76. The predicted molar refractivity (Wildman–Crippen MR) is 251 cm³/mol. The van der Waals surface area contributed by atoms with E-state index in [1.807, 2.05) is 104 Å². The number of amides is 3. The van der Waals surface area contributed by atoms with Crippen LogP contribution in [0.15, 0.2) is 121 Å². The molecule has 0 spiro atoms. The summed E-state index contributed by atoms with van der Waals surface area (Å²) in [4.78, 5) is 42.8. The number of ether oxygens (including phenoxy) is 1. The minimum atomic E-state index is -0.903. The highest BCUT2D eigenvalue weighted by Crippen LogP contribution is 2.37. The van der Waals surface area contributed by atoms with Gasteiger partial charge in [-0.3, -0.25) is 14.9 Å². The second-order valence-electron chi connectivity index (χ2n) is 16.6. The van der Waals surface area contributed by atoms with E-state index in [4.69, 9.17) is 4.74 Å². The number of carbonyl (C=O) groups is 3. The molecule has 2 aliphatic heterocycles. The van der Waals surface area contributed by atoms with Crippen molar-refractivity contribution < 1.29 is 34.4 Å². The Kier molecular flexibility index (Phi) is 15.4. The normalized spacial score (nSPS) is 15.9. The minimum Gasteiger partial charge on any atom is -0.506 e.